The minimum atomic E-state index is -0.580. The van der Waals surface area contributed by atoms with Crippen molar-refractivity contribution in [2.24, 2.45) is 11.7 Å². The van der Waals surface area contributed by atoms with Gasteiger partial charge in [-0.3, -0.25) is 4.79 Å². The number of hydrogen-bond donors (Lipinski definition) is 1. The molecule has 0 amide bonds. The highest BCUT2D eigenvalue weighted by Gasteiger charge is 2.28. The zero-order chi connectivity index (χ0) is 15.4. The van der Waals surface area contributed by atoms with Crippen LogP contribution in [0, 0.1) is 19.8 Å². The molecule has 20 heavy (non-hydrogen) atoms. The molecule has 0 aliphatic heterocycles. The van der Waals surface area contributed by atoms with E-state index in [2.05, 4.69) is 45.9 Å². The molecule has 0 aliphatic rings. The number of rotatable bonds is 5. The van der Waals surface area contributed by atoms with Crippen LogP contribution >= 0.6 is 0 Å². The van der Waals surface area contributed by atoms with Crippen molar-refractivity contribution >= 4 is 5.97 Å². The smallest absolute Gasteiger partial charge is 0.322 e. The SMILES string of the molecule is Cc1cccc([C@H](C(C)C)[C@H](C)OC(=O)[C@H](C)N)c1C. The molecule has 0 unspecified atom stereocenters. The lowest BCUT2D eigenvalue weighted by atomic mass is 9.81. The van der Waals surface area contributed by atoms with Gasteiger partial charge in [0, 0.05) is 5.92 Å². The van der Waals surface area contributed by atoms with Crippen molar-refractivity contribution in [3.63, 3.8) is 0 Å². The Morgan fingerprint density at radius 1 is 1.15 bits per heavy atom. The van der Waals surface area contributed by atoms with Crippen LogP contribution in [0.3, 0.4) is 0 Å². The van der Waals surface area contributed by atoms with Crippen molar-refractivity contribution in [3.05, 3.63) is 34.9 Å². The molecule has 0 aromatic heterocycles. The molecule has 0 radical (unpaired) electrons. The second-order valence-corrected chi connectivity index (χ2v) is 5.99. The van der Waals surface area contributed by atoms with Crippen molar-refractivity contribution in [1.82, 2.24) is 0 Å². The summed E-state index contributed by atoms with van der Waals surface area (Å²) in [5.74, 6) is 0.220. The Bertz CT molecular complexity index is 466. The zero-order valence-corrected chi connectivity index (χ0v) is 13.4. The fourth-order valence-corrected chi connectivity index (χ4v) is 2.65. The molecule has 2 N–H and O–H groups in total. The Kier molecular flexibility index (Phi) is 5.75. The predicted molar refractivity (Wildman–Crippen MR) is 82.7 cm³/mol. The number of benzene rings is 1. The predicted octanol–water partition coefficient (Wildman–Crippen LogP) is 3.32. The van der Waals surface area contributed by atoms with Gasteiger partial charge in [-0.1, -0.05) is 32.0 Å². The minimum absolute atomic E-state index is 0.178. The number of aryl methyl sites for hydroxylation is 1. The molecule has 0 aliphatic carbocycles. The first kappa shape index (κ1) is 16.7. The molecule has 0 spiro atoms. The normalized spacial score (nSPS) is 15.8. The molecule has 0 bridgehead atoms. The van der Waals surface area contributed by atoms with Crippen LogP contribution in [0.1, 0.15) is 50.3 Å². The van der Waals surface area contributed by atoms with Gasteiger partial charge in [0.05, 0.1) is 0 Å². The first-order valence-electron chi connectivity index (χ1n) is 7.27. The Hall–Kier alpha value is -1.35. The van der Waals surface area contributed by atoms with Crippen molar-refractivity contribution in [2.45, 2.75) is 59.6 Å². The van der Waals surface area contributed by atoms with Gasteiger partial charge >= 0.3 is 5.97 Å². The van der Waals surface area contributed by atoms with Gasteiger partial charge in [0.15, 0.2) is 0 Å². The van der Waals surface area contributed by atoms with E-state index in [4.69, 9.17) is 10.5 Å². The first-order valence-corrected chi connectivity index (χ1v) is 7.27. The minimum Gasteiger partial charge on any atom is -0.461 e. The van der Waals surface area contributed by atoms with Crippen LogP contribution in [0.4, 0.5) is 0 Å². The van der Waals surface area contributed by atoms with Gasteiger partial charge in [0.2, 0.25) is 0 Å². The molecule has 3 heteroatoms. The summed E-state index contributed by atoms with van der Waals surface area (Å²) in [7, 11) is 0. The summed E-state index contributed by atoms with van der Waals surface area (Å²) >= 11 is 0. The molecule has 1 aromatic carbocycles. The highest BCUT2D eigenvalue weighted by Crippen LogP contribution is 2.33. The highest BCUT2D eigenvalue weighted by molar-refractivity contribution is 5.75. The summed E-state index contributed by atoms with van der Waals surface area (Å²) in [5, 5.41) is 0. The van der Waals surface area contributed by atoms with Crippen LogP contribution < -0.4 is 5.73 Å². The van der Waals surface area contributed by atoms with Gasteiger partial charge in [-0.05, 0) is 50.3 Å². The van der Waals surface area contributed by atoms with Crippen molar-refractivity contribution < 1.29 is 9.53 Å². The Labute approximate surface area is 122 Å². The molecule has 0 fully saturated rings. The second-order valence-electron chi connectivity index (χ2n) is 5.99. The summed E-state index contributed by atoms with van der Waals surface area (Å²) in [4.78, 5) is 11.7. The van der Waals surface area contributed by atoms with E-state index in [9.17, 15) is 4.79 Å². The van der Waals surface area contributed by atoms with Crippen LogP contribution in [-0.4, -0.2) is 18.1 Å². The van der Waals surface area contributed by atoms with Gasteiger partial charge in [-0.15, -0.1) is 0 Å². The third-order valence-electron chi connectivity index (χ3n) is 3.90. The number of hydrogen-bond acceptors (Lipinski definition) is 3. The number of carbonyl (C=O) groups is 1. The number of nitrogens with two attached hydrogens (primary N) is 1. The lowest BCUT2D eigenvalue weighted by Crippen LogP contribution is -2.34. The molecule has 3 atom stereocenters. The average molecular weight is 277 g/mol. The summed E-state index contributed by atoms with van der Waals surface area (Å²) in [6, 6.07) is 5.72. The largest absolute Gasteiger partial charge is 0.461 e. The standard InChI is InChI=1S/C17H27NO2/c1-10(2)16(14(6)20-17(19)13(5)18)15-9-7-8-11(3)12(15)4/h7-10,13-14,16H,18H2,1-6H3/t13-,14-,16+/m0/s1. The molecule has 1 rings (SSSR count). The Morgan fingerprint density at radius 3 is 2.25 bits per heavy atom. The Balaban J connectivity index is 3.06. The fraction of sp³-hybridized carbons (Fsp3) is 0.588. The summed E-state index contributed by atoms with van der Waals surface area (Å²) in [6.45, 7) is 12.1. The van der Waals surface area contributed by atoms with Gasteiger partial charge in [-0.2, -0.15) is 0 Å². The fourth-order valence-electron chi connectivity index (χ4n) is 2.65. The highest BCUT2D eigenvalue weighted by atomic mass is 16.5. The molecule has 0 saturated heterocycles. The lowest BCUT2D eigenvalue weighted by molar-refractivity contribution is -0.151. The first-order chi connectivity index (χ1) is 9.25. The maximum absolute atomic E-state index is 11.7. The average Bonchev–Trinajstić information content (AvgIpc) is 2.34. The second kappa shape index (κ2) is 6.89. The van der Waals surface area contributed by atoms with Crippen molar-refractivity contribution in [3.8, 4) is 0 Å². The van der Waals surface area contributed by atoms with Crippen LogP contribution in [-0.2, 0) is 9.53 Å². The van der Waals surface area contributed by atoms with Gasteiger partial charge in [0.25, 0.3) is 0 Å². The van der Waals surface area contributed by atoms with E-state index in [-0.39, 0.29) is 18.0 Å². The summed E-state index contributed by atoms with van der Waals surface area (Å²) in [6.07, 6.45) is -0.186. The number of ether oxygens (including phenoxy) is 1. The van der Waals surface area contributed by atoms with Gasteiger partial charge in [0.1, 0.15) is 12.1 Å². The maximum Gasteiger partial charge on any atom is 0.322 e. The topological polar surface area (TPSA) is 52.3 Å². The van der Waals surface area contributed by atoms with Crippen LogP contribution in [0.15, 0.2) is 18.2 Å². The Morgan fingerprint density at radius 2 is 1.75 bits per heavy atom. The van der Waals surface area contributed by atoms with Crippen molar-refractivity contribution in [2.75, 3.05) is 0 Å². The van der Waals surface area contributed by atoms with Crippen LogP contribution in [0.25, 0.3) is 0 Å². The molecule has 0 heterocycles. The number of esters is 1. The molecular formula is C17H27NO2. The van der Waals surface area contributed by atoms with E-state index < -0.39 is 6.04 Å². The zero-order valence-electron chi connectivity index (χ0n) is 13.4. The molecular weight excluding hydrogens is 250 g/mol. The van der Waals surface area contributed by atoms with E-state index in [1.165, 1.54) is 16.7 Å². The molecule has 3 nitrogen and oxygen atoms in total. The lowest BCUT2D eigenvalue weighted by Gasteiger charge is -2.30. The van der Waals surface area contributed by atoms with Crippen LogP contribution in [0.5, 0.6) is 0 Å². The summed E-state index contributed by atoms with van der Waals surface area (Å²) < 4.78 is 5.52. The quantitative estimate of drug-likeness (QED) is 0.840. The summed E-state index contributed by atoms with van der Waals surface area (Å²) in [5.41, 5.74) is 9.37. The van der Waals surface area contributed by atoms with Crippen LogP contribution in [0.2, 0.25) is 0 Å². The van der Waals surface area contributed by atoms with E-state index in [1.807, 2.05) is 6.92 Å². The number of carbonyl (C=O) groups excluding carboxylic acids is 1. The van der Waals surface area contributed by atoms with Gasteiger partial charge < -0.3 is 10.5 Å². The van der Waals surface area contributed by atoms with E-state index >= 15 is 0 Å². The molecule has 112 valence electrons. The van der Waals surface area contributed by atoms with Gasteiger partial charge in [-0.25, -0.2) is 0 Å². The van der Waals surface area contributed by atoms with Crippen molar-refractivity contribution in [1.29, 1.82) is 0 Å². The molecule has 0 saturated carbocycles. The third-order valence-corrected chi connectivity index (χ3v) is 3.90. The monoisotopic (exact) mass is 277 g/mol. The van der Waals surface area contributed by atoms with E-state index in [0.29, 0.717) is 5.92 Å². The van der Waals surface area contributed by atoms with E-state index in [1.54, 1.807) is 6.92 Å². The van der Waals surface area contributed by atoms with E-state index in [0.717, 1.165) is 0 Å². The maximum atomic E-state index is 11.7. The molecule has 1 aromatic rings. The third kappa shape index (κ3) is 3.83.